The fourth-order valence-electron chi connectivity index (χ4n) is 3.57. The summed E-state index contributed by atoms with van der Waals surface area (Å²) >= 11 is 0. The molecule has 4 rings (SSSR count). The van der Waals surface area contributed by atoms with Gasteiger partial charge < -0.3 is 5.32 Å². The van der Waals surface area contributed by atoms with Crippen LogP contribution >= 0.6 is 0 Å². The van der Waals surface area contributed by atoms with Crippen molar-refractivity contribution in [3.63, 3.8) is 0 Å². The number of hydrogen-bond donors (Lipinski definition) is 1. The third kappa shape index (κ3) is 3.55. The highest BCUT2D eigenvalue weighted by Gasteiger charge is 2.36. The van der Waals surface area contributed by atoms with Crippen LogP contribution in [0.15, 0.2) is 78.9 Å². The second-order valence-corrected chi connectivity index (χ2v) is 7.03. The van der Waals surface area contributed by atoms with Gasteiger partial charge in [-0.1, -0.05) is 67.9 Å². The summed E-state index contributed by atoms with van der Waals surface area (Å²) in [4.78, 5) is 12.5. The van der Waals surface area contributed by atoms with E-state index in [-0.39, 0.29) is 5.91 Å². The Morgan fingerprint density at radius 2 is 1.54 bits per heavy atom. The van der Waals surface area contributed by atoms with Gasteiger partial charge in [0.2, 0.25) is 0 Å². The molecule has 2 nitrogen and oxygen atoms in total. The molecule has 1 aliphatic rings. The molecule has 0 bridgehead atoms. The summed E-state index contributed by atoms with van der Waals surface area (Å²) in [5.41, 5.74) is 5.17. The van der Waals surface area contributed by atoms with E-state index in [4.69, 9.17) is 0 Å². The van der Waals surface area contributed by atoms with E-state index in [1.54, 1.807) is 0 Å². The van der Waals surface area contributed by atoms with Crippen molar-refractivity contribution in [3.05, 3.63) is 90.0 Å². The first kappa shape index (κ1) is 16.6. The molecule has 2 atom stereocenters. The first-order valence-corrected chi connectivity index (χ1v) is 9.31. The molecular weight excluding hydrogens is 318 g/mol. The smallest absolute Gasteiger partial charge is 0.255 e. The fraction of sp³-hybridized carbons (Fsp3) is 0.208. The van der Waals surface area contributed by atoms with Crippen LogP contribution in [0.3, 0.4) is 0 Å². The Morgan fingerprint density at radius 3 is 2.15 bits per heavy atom. The molecule has 0 radical (unpaired) electrons. The number of carbonyl (C=O) groups is 1. The molecular formula is C24H23NO. The van der Waals surface area contributed by atoms with E-state index in [1.165, 1.54) is 18.4 Å². The van der Waals surface area contributed by atoms with Gasteiger partial charge in [0.05, 0.1) is 0 Å². The lowest BCUT2D eigenvalue weighted by Gasteiger charge is -2.08. The van der Waals surface area contributed by atoms with Gasteiger partial charge in [-0.3, -0.25) is 4.79 Å². The van der Waals surface area contributed by atoms with Crippen LogP contribution in [0.2, 0.25) is 0 Å². The number of anilines is 1. The van der Waals surface area contributed by atoms with Crippen molar-refractivity contribution in [1.29, 1.82) is 0 Å². The monoisotopic (exact) mass is 341 g/mol. The van der Waals surface area contributed by atoms with E-state index < -0.39 is 0 Å². The van der Waals surface area contributed by atoms with Crippen molar-refractivity contribution in [3.8, 4) is 11.1 Å². The molecule has 0 unspecified atom stereocenters. The number of benzene rings is 3. The van der Waals surface area contributed by atoms with Crippen LogP contribution in [0.4, 0.5) is 5.69 Å². The highest BCUT2D eigenvalue weighted by atomic mass is 16.1. The lowest BCUT2D eigenvalue weighted by Crippen LogP contribution is -2.11. The zero-order chi connectivity index (χ0) is 17.9. The minimum Gasteiger partial charge on any atom is -0.322 e. The zero-order valence-corrected chi connectivity index (χ0v) is 15.0. The minimum atomic E-state index is -0.0739. The van der Waals surface area contributed by atoms with E-state index in [1.807, 2.05) is 54.6 Å². The summed E-state index contributed by atoms with van der Waals surface area (Å²) in [6, 6.07) is 26.2. The minimum absolute atomic E-state index is 0.0739. The predicted molar refractivity (Wildman–Crippen MR) is 107 cm³/mol. The fourth-order valence-corrected chi connectivity index (χ4v) is 3.57. The SMILES string of the molecule is CC[C@H]1C[C@H]1c1ccc(NC(=O)c2ccc(-c3ccccc3)cc2)cc1. The van der Waals surface area contributed by atoms with Crippen LogP contribution in [0.1, 0.15) is 41.6 Å². The van der Waals surface area contributed by atoms with Gasteiger partial charge in [0, 0.05) is 11.3 Å². The van der Waals surface area contributed by atoms with E-state index in [0.29, 0.717) is 5.56 Å². The third-order valence-corrected chi connectivity index (χ3v) is 5.30. The Morgan fingerprint density at radius 1 is 0.885 bits per heavy atom. The molecule has 1 N–H and O–H groups in total. The van der Waals surface area contributed by atoms with Crippen LogP contribution in [0.25, 0.3) is 11.1 Å². The quantitative estimate of drug-likeness (QED) is 0.595. The van der Waals surface area contributed by atoms with E-state index >= 15 is 0 Å². The molecule has 0 heterocycles. The maximum absolute atomic E-state index is 12.5. The normalized spacial score (nSPS) is 18.3. The van der Waals surface area contributed by atoms with Gasteiger partial charge >= 0.3 is 0 Å². The second kappa shape index (κ2) is 7.17. The highest BCUT2D eigenvalue weighted by Crippen LogP contribution is 2.49. The van der Waals surface area contributed by atoms with Crippen molar-refractivity contribution in [2.24, 2.45) is 5.92 Å². The van der Waals surface area contributed by atoms with Gasteiger partial charge in [-0.15, -0.1) is 0 Å². The zero-order valence-electron chi connectivity index (χ0n) is 15.0. The second-order valence-electron chi connectivity index (χ2n) is 7.03. The van der Waals surface area contributed by atoms with Crippen LogP contribution in [0, 0.1) is 5.92 Å². The van der Waals surface area contributed by atoms with Gasteiger partial charge in [-0.05, 0) is 59.2 Å². The first-order chi connectivity index (χ1) is 12.7. The Balaban J connectivity index is 1.41. The summed E-state index contributed by atoms with van der Waals surface area (Å²) in [7, 11) is 0. The molecule has 1 saturated carbocycles. The van der Waals surface area contributed by atoms with Crippen LogP contribution in [-0.2, 0) is 0 Å². The number of hydrogen-bond acceptors (Lipinski definition) is 1. The van der Waals surface area contributed by atoms with Crippen molar-refractivity contribution in [2.45, 2.75) is 25.7 Å². The maximum atomic E-state index is 12.5. The maximum Gasteiger partial charge on any atom is 0.255 e. The van der Waals surface area contributed by atoms with Gasteiger partial charge in [0.15, 0.2) is 0 Å². The molecule has 26 heavy (non-hydrogen) atoms. The first-order valence-electron chi connectivity index (χ1n) is 9.31. The molecule has 2 heteroatoms. The highest BCUT2D eigenvalue weighted by molar-refractivity contribution is 6.04. The molecule has 3 aromatic carbocycles. The average Bonchev–Trinajstić information content (AvgIpc) is 3.49. The molecule has 0 aliphatic heterocycles. The van der Waals surface area contributed by atoms with Crippen molar-refractivity contribution in [1.82, 2.24) is 0 Å². The van der Waals surface area contributed by atoms with Gasteiger partial charge in [0.25, 0.3) is 5.91 Å². The Bertz CT molecular complexity index is 882. The largest absolute Gasteiger partial charge is 0.322 e. The average molecular weight is 341 g/mol. The van der Waals surface area contributed by atoms with Crippen molar-refractivity contribution in [2.75, 3.05) is 5.32 Å². The molecule has 3 aromatic rings. The number of amides is 1. The number of carbonyl (C=O) groups excluding carboxylic acids is 1. The van der Waals surface area contributed by atoms with E-state index in [9.17, 15) is 4.79 Å². The Labute approximate surface area is 154 Å². The van der Waals surface area contributed by atoms with Crippen LogP contribution in [-0.4, -0.2) is 5.91 Å². The number of rotatable bonds is 5. The summed E-state index contributed by atoms with van der Waals surface area (Å²) in [6.45, 7) is 2.25. The van der Waals surface area contributed by atoms with Crippen molar-refractivity contribution < 1.29 is 4.79 Å². The van der Waals surface area contributed by atoms with E-state index in [0.717, 1.165) is 28.7 Å². The third-order valence-electron chi connectivity index (χ3n) is 5.30. The Kier molecular flexibility index (Phi) is 4.57. The molecule has 0 aromatic heterocycles. The predicted octanol–water partition coefficient (Wildman–Crippen LogP) is 6.12. The molecule has 130 valence electrons. The summed E-state index contributed by atoms with van der Waals surface area (Å²) in [5.74, 6) is 1.49. The molecule has 1 fully saturated rings. The topological polar surface area (TPSA) is 29.1 Å². The van der Waals surface area contributed by atoms with Gasteiger partial charge in [-0.25, -0.2) is 0 Å². The van der Waals surface area contributed by atoms with E-state index in [2.05, 4.69) is 36.5 Å². The van der Waals surface area contributed by atoms with Crippen LogP contribution < -0.4 is 5.32 Å². The molecule has 1 amide bonds. The molecule has 0 saturated heterocycles. The number of nitrogens with one attached hydrogen (secondary N) is 1. The summed E-state index contributed by atoms with van der Waals surface area (Å²) in [5, 5.41) is 2.99. The summed E-state index contributed by atoms with van der Waals surface area (Å²) < 4.78 is 0. The standard InChI is InChI=1S/C24H23NO/c1-2-17-16-23(17)20-12-14-22(15-13-20)25-24(26)21-10-8-19(9-11-21)18-6-4-3-5-7-18/h3-15,17,23H,2,16H2,1H3,(H,25,26)/t17-,23+/m0/s1. The Hall–Kier alpha value is -2.87. The van der Waals surface area contributed by atoms with Gasteiger partial charge in [0.1, 0.15) is 0 Å². The lowest BCUT2D eigenvalue weighted by atomic mass is 10.0. The van der Waals surface area contributed by atoms with Crippen LogP contribution in [0.5, 0.6) is 0 Å². The van der Waals surface area contributed by atoms with Gasteiger partial charge in [-0.2, -0.15) is 0 Å². The van der Waals surface area contributed by atoms with Crippen molar-refractivity contribution >= 4 is 11.6 Å². The molecule has 1 aliphatic carbocycles. The lowest BCUT2D eigenvalue weighted by molar-refractivity contribution is 0.102. The summed E-state index contributed by atoms with van der Waals surface area (Å²) in [6.07, 6.45) is 2.55. The molecule has 0 spiro atoms.